The second-order valence-electron chi connectivity index (χ2n) is 8.28. The number of rotatable bonds is 6. The van der Waals surface area contributed by atoms with Crippen molar-refractivity contribution in [2.24, 2.45) is 5.73 Å². The van der Waals surface area contributed by atoms with Gasteiger partial charge in [0.25, 0.3) is 0 Å². The molecule has 0 radical (unpaired) electrons. The fourth-order valence-corrected chi connectivity index (χ4v) is 3.63. The van der Waals surface area contributed by atoms with Crippen molar-refractivity contribution in [1.82, 2.24) is 0 Å². The lowest BCUT2D eigenvalue weighted by molar-refractivity contribution is 0.276. The van der Waals surface area contributed by atoms with Crippen LogP contribution in [-0.2, 0) is 11.0 Å². The van der Waals surface area contributed by atoms with E-state index >= 15 is 0 Å². The molecule has 0 amide bonds. The number of hydrogen-bond donors (Lipinski definition) is 1. The Hall–Kier alpha value is -1.14. The van der Waals surface area contributed by atoms with Crippen LogP contribution in [-0.4, -0.2) is 8.32 Å². The summed E-state index contributed by atoms with van der Waals surface area (Å²) in [5.41, 5.74) is 8.12. The van der Waals surface area contributed by atoms with E-state index in [1.54, 1.807) is 0 Å². The summed E-state index contributed by atoms with van der Waals surface area (Å²) in [6.45, 7) is 13.9. The van der Waals surface area contributed by atoms with Gasteiger partial charge < -0.3 is 14.9 Å². The Morgan fingerprint density at radius 1 is 1.12 bits per heavy atom. The Morgan fingerprint density at radius 2 is 1.81 bits per heavy atom. The van der Waals surface area contributed by atoms with Crippen LogP contribution < -0.4 is 10.5 Å². The lowest BCUT2D eigenvalue weighted by atomic mass is 10.1. The van der Waals surface area contributed by atoms with Crippen LogP contribution in [0.3, 0.4) is 0 Å². The largest absolute Gasteiger partial charge is 0.456 e. The molecule has 142 valence electrons. The number of benzene rings is 2. The van der Waals surface area contributed by atoms with Crippen LogP contribution in [0, 0.1) is 0 Å². The fourth-order valence-electron chi connectivity index (χ4n) is 2.19. The Kier molecular flexibility index (Phi) is 6.72. The highest BCUT2D eigenvalue weighted by Crippen LogP contribution is 2.37. The third-order valence-electron chi connectivity index (χ3n) is 5.01. The number of ether oxygens (including phenoxy) is 1. The van der Waals surface area contributed by atoms with Gasteiger partial charge in [0.1, 0.15) is 11.5 Å². The molecule has 0 aliphatic rings. The summed E-state index contributed by atoms with van der Waals surface area (Å²) in [7, 11) is -1.77. The van der Waals surface area contributed by atoms with Crippen molar-refractivity contribution in [3.8, 4) is 11.5 Å². The Bertz CT molecular complexity index is 754. The second kappa shape index (κ2) is 8.25. The van der Waals surface area contributed by atoms with Crippen LogP contribution in [0.25, 0.3) is 0 Å². The monoisotopic (exact) mass is 435 g/mol. The molecule has 0 aliphatic heterocycles. The summed E-state index contributed by atoms with van der Waals surface area (Å²) in [6.07, 6.45) is 0. The molecule has 2 N–H and O–H groups in total. The standard InChI is InChI=1S/C21H30BrNO2Si/c1-15(23)17-10-11-20(19(22)13-17)25-18-9-7-8-16(12-18)14-24-26(5,6)21(2,3)4/h7-13,15H,14,23H2,1-6H3. The Balaban J connectivity index is 2.10. The molecule has 0 aliphatic carbocycles. The highest BCUT2D eigenvalue weighted by molar-refractivity contribution is 9.10. The van der Waals surface area contributed by atoms with Crippen LogP contribution in [0.4, 0.5) is 0 Å². The van der Waals surface area contributed by atoms with Gasteiger partial charge in [-0.15, -0.1) is 0 Å². The summed E-state index contributed by atoms with van der Waals surface area (Å²) in [5.74, 6) is 1.58. The molecule has 3 nitrogen and oxygen atoms in total. The molecule has 5 heteroatoms. The van der Waals surface area contributed by atoms with E-state index in [0.717, 1.165) is 27.1 Å². The first kappa shape index (κ1) is 21.2. The van der Waals surface area contributed by atoms with Crippen molar-refractivity contribution in [3.63, 3.8) is 0 Å². The van der Waals surface area contributed by atoms with Gasteiger partial charge in [-0.1, -0.05) is 39.0 Å². The third-order valence-corrected chi connectivity index (χ3v) is 10.1. The lowest BCUT2D eigenvalue weighted by Gasteiger charge is -2.36. The SMILES string of the molecule is CC(N)c1ccc(Oc2cccc(CO[Si](C)(C)C(C)(C)C)c2)c(Br)c1. The van der Waals surface area contributed by atoms with E-state index in [1.807, 2.05) is 43.3 Å². The van der Waals surface area contributed by atoms with E-state index in [1.165, 1.54) is 0 Å². The third kappa shape index (κ3) is 5.43. The van der Waals surface area contributed by atoms with Crippen molar-refractivity contribution < 1.29 is 9.16 Å². The molecule has 0 fully saturated rings. The summed E-state index contributed by atoms with van der Waals surface area (Å²) < 4.78 is 13.3. The molecule has 1 unspecified atom stereocenters. The van der Waals surface area contributed by atoms with E-state index in [2.05, 4.69) is 55.9 Å². The summed E-state index contributed by atoms with van der Waals surface area (Å²) >= 11 is 3.57. The van der Waals surface area contributed by atoms with Gasteiger partial charge in [0.15, 0.2) is 8.32 Å². The molecule has 2 rings (SSSR count). The summed E-state index contributed by atoms with van der Waals surface area (Å²) in [5, 5.41) is 0.202. The van der Waals surface area contributed by atoms with Gasteiger partial charge in [0.2, 0.25) is 0 Å². The zero-order valence-corrected chi connectivity index (χ0v) is 19.2. The van der Waals surface area contributed by atoms with Crippen molar-refractivity contribution >= 4 is 24.2 Å². The molecule has 0 heterocycles. The van der Waals surface area contributed by atoms with Gasteiger partial charge in [0.05, 0.1) is 11.1 Å². The molecule has 1 atom stereocenters. The van der Waals surface area contributed by atoms with E-state index in [4.69, 9.17) is 14.9 Å². The van der Waals surface area contributed by atoms with E-state index < -0.39 is 8.32 Å². The predicted octanol–water partition coefficient (Wildman–Crippen LogP) is 6.78. The van der Waals surface area contributed by atoms with Gasteiger partial charge in [0, 0.05) is 6.04 Å². The van der Waals surface area contributed by atoms with Crippen molar-refractivity contribution in [1.29, 1.82) is 0 Å². The van der Waals surface area contributed by atoms with Gasteiger partial charge >= 0.3 is 0 Å². The fraction of sp³-hybridized carbons (Fsp3) is 0.429. The van der Waals surface area contributed by atoms with Crippen molar-refractivity contribution in [2.45, 2.75) is 58.5 Å². The maximum Gasteiger partial charge on any atom is 0.192 e. The number of nitrogens with two attached hydrogens (primary N) is 1. The van der Waals surface area contributed by atoms with Crippen LogP contribution >= 0.6 is 15.9 Å². The Labute approximate surface area is 167 Å². The van der Waals surface area contributed by atoms with Crippen molar-refractivity contribution in [2.75, 3.05) is 0 Å². The highest BCUT2D eigenvalue weighted by atomic mass is 79.9. The van der Waals surface area contributed by atoms with Gasteiger partial charge in [-0.3, -0.25) is 0 Å². The molecular weight excluding hydrogens is 406 g/mol. The average molecular weight is 436 g/mol. The minimum Gasteiger partial charge on any atom is -0.456 e. The highest BCUT2D eigenvalue weighted by Gasteiger charge is 2.37. The zero-order valence-electron chi connectivity index (χ0n) is 16.6. The molecule has 0 saturated heterocycles. The summed E-state index contributed by atoms with van der Waals surface area (Å²) in [4.78, 5) is 0. The second-order valence-corrected chi connectivity index (χ2v) is 13.9. The average Bonchev–Trinajstić information content (AvgIpc) is 2.54. The molecule has 2 aromatic rings. The molecule has 2 aromatic carbocycles. The Morgan fingerprint density at radius 3 is 2.38 bits per heavy atom. The normalized spacial score (nSPS) is 13.5. The predicted molar refractivity (Wildman–Crippen MR) is 115 cm³/mol. The van der Waals surface area contributed by atoms with E-state index in [-0.39, 0.29) is 11.1 Å². The van der Waals surface area contributed by atoms with Crippen LogP contribution in [0.1, 0.15) is 44.9 Å². The number of halogens is 1. The van der Waals surface area contributed by atoms with Crippen LogP contribution in [0.15, 0.2) is 46.9 Å². The molecule has 0 aromatic heterocycles. The quantitative estimate of drug-likeness (QED) is 0.508. The van der Waals surface area contributed by atoms with Crippen LogP contribution in [0.2, 0.25) is 18.1 Å². The topological polar surface area (TPSA) is 44.5 Å². The van der Waals surface area contributed by atoms with E-state index in [9.17, 15) is 0 Å². The maximum atomic E-state index is 6.31. The first-order valence-corrected chi connectivity index (χ1v) is 12.7. The summed E-state index contributed by atoms with van der Waals surface area (Å²) in [6, 6.07) is 14.0. The first-order chi connectivity index (χ1) is 12.0. The van der Waals surface area contributed by atoms with Gasteiger partial charge in [-0.05, 0) is 76.4 Å². The first-order valence-electron chi connectivity index (χ1n) is 8.95. The van der Waals surface area contributed by atoms with E-state index in [0.29, 0.717) is 6.61 Å². The minimum atomic E-state index is -1.77. The van der Waals surface area contributed by atoms with Crippen LogP contribution in [0.5, 0.6) is 11.5 Å². The molecular formula is C21H30BrNO2Si. The van der Waals surface area contributed by atoms with Crippen molar-refractivity contribution in [3.05, 3.63) is 58.1 Å². The molecule has 0 saturated carbocycles. The molecule has 0 bridgehead atoms. The smallest absolute Gasteiger partial charge is 0.192 e. The molecule has 26 heavy (non-hydrogen) atoms. The lowest BCUT2D eigenvalue weighted by Crippen LogP contribution is -2.40. The minimum absolute atomic E-state index is 0.00355. The zero-order chi connectivity index (χ0) is 19.5. The van der Waals surface area contributed by atoms with Gasteiger partial charge in [-0.25, -0.2) is 0 Å². The van der Waals surface area contributed by atoms with Gasteiger partial charge in [-0.2, -0.15) is 0 Å². The maximum absolute atomic E-state index is 6.31. The molecule has 0 spiro atoms. The number of hydrogen-bond acceptors (Lipinski definition) is 3.